The molecule has 3 N–H and O–H groups in total. The summed E-state index contributed by atoms with van der Waals surface area (Å²) in [4.78, 5) is 58.5. The maximum Gasteiger partial charge on any atom is 0.321 e. The minimum absolute atomic E-state index is 0.0205. The van der Waals surface area contributed by atoms with E-state index in [2.05, 4.69) is 16.1 Å². The topological polar surface area (TPSA) is 148 Å². The number of carbonyl (C=O) groups excluding carboxylic acids is 4. The summed E-state index contributed by atoms with van der Waals surface area (Å²) in [5.41, 5.74) is 3.94. The summed E-state index contributed by atoms with van der Waals surface area (Å²) < 4.78 is 17.3. The van der Waals surface area contributed by atoms with E-state index in [0.29, 0.717) is 44.7 Å². The van der Waals surface area contributed by atoms with Crippen LogP contribution < -0.4 is 16.1 Å². The second-order valence-electron chi connectivity index (χ2n) is 11.7. The fourth-order valence-electron chi connectivity index (χ4n) is 5.58. The maximum atomic E-state index is 13.8. The molecule has 2 aromatic rings. The number of benzene rings is 1. The van der Waals surface area contributed by atoms with Gasteiger partial charge in [0.25, 0.3) is 11.8 Å². The van der Waals surface area contributed by atoms with Gasteiger partial charge in [0.2, 0.25) is 5.91 Å². The summed E-state index contributed by atoms with van der Waals surface area (Å²) in [5, 5.41) is 8.03. The molecule has 5 bridgehead atoms. The number of hydrazine groups is 1. The normalized spacial score (nSPS) is 27.8. The van der Waals surface area contributed by atoms with E-state index >= 15 is 0 Å². The number of pyridine rings is 1. The van der Waals surface area contributed by atoms with Gasteiger partial charge >= 0.3 is 5.97 Å². The SMILES string of the molecule is CCCC1OC(=O)C2(/C=C/c3ccc4ccc(nc4c3)[C@@H](C)NC(=O)[C@@H]3CCCN(N3)C(=O)[C@H](C)NC1=O)COCCOC2. The molecule has 3 aliphatic rings. The molecule has 1 spiro atoms. The van der Waals surface area contributed by atoms with Crippen molar-refractivity contribution in [2.45, 2.75) is 70.7 Å². The Kier molecular flexibility index (Phi) is 9.92. The van der Waals surface area contributed by atoms with Gasteiger partial charge in [0.15, 0.2) is 6.10 Å². The highest BCUT2D eigenvalue weighted by Gasteiger charge is 2.42. The van der Waals surface area contributed by atoms with E-state index in [-0.39, 0.29) is 31.6 Å². The number of carbonyl (C=O) groups is 4. The maximum absolute atomic E-state index is 13.8. The Bertz CT molecular complexity index is 1420. The number of ether oxygens (including phenoxy) is 3. The molecule has 1 unspecified atom stereocenters. The zero-order chi connectivity index (χ0) is 31.3. The van der Waals surface area contributed by atoms with Crippen LogP contribution in [0.1, 0.15) is 63.8 Å². The lowest BCUT2D eigenvalue weighted by molar-refractivity contribution is -0.168. The summed E-state index contributed by atoms with van der Waals surface area (Å²) in [6, 6.07) is 7.66. The van der Waals surface area contributed by atoms with Crippen LogP contribution in [0.3, 0.4) is 0 Å². The summed E-state index contributed by atoms with van der Waals surface area (Å²) in [6.07, 6.45) is 4.38. The predicted molar refractivity (Wildman–Crippen MR) is 162 cm³/mol. The number of nitrogens with zero attached hydrogens (tertiary/aromatic N) is 2. The average molecular weight is 608 g/mol. The second kappa shape index (κ2) is 13.8. The zero-order valence-electron chi connectivity index (χ0n) is 25.5. The van der Waals surface area contributed by atoms with Crippen molar-refractivity contribution >= 4 is 40.7 Å². The molecule has 3 aliphatic heterocycles. The van der Waals surface area contributed by atoms with Crippen molar-refractivity contribution in [3.8, 4) is 0 Å². The van der Waals surface area contributed by atoms with Gasteiger partial charge in [-0.25, -0.2) is 5.43 Å². The highest BCUT2D eigenvalue weighted by molar-refractivity contribution is 5.91. The van der Waals surface area contributed by atoms with Crippen LogP contribution in [0.4, 0.5) is 0 Å². The number of amides is 3. The molecule has 2 fully saturated rings. The Balaban J connectivity index is 1.53. The van der Waals surface area contributed by atoms with Gasteiger partial charge in [-0.3, -0.25) is 29.2 Å². The van der Waals surface area contributed by atoms with Crippen molar-refractivity contribution in [1.29, 1.82) is 0 Å². The zero-order valence-corrected chi connectivity index (χ0v) is 25.5. The lowest BCUT2D eigenvalue weighted by atomic mass is 9.88. The molecule has 5 rings (SSSR count). The van der Waals surface area contributed by atoms with Gasteiger partial charge in [0.1, 0.15) is 17.5 Å². The van der Waals surface area contributed by atoms with Gasteiger partial charge < -0.3 is 24.8 Å². The number of aromatic nitrogens is 1. The fraction of sp³-hybridized carbons (Fsp3) is 0.531. The Morgan fingerprint density at radius 3 is 2.45 bits per heavy atom. The van der Waals surface area contributed by atoms with Crippen molar-refractivity contribution in [3.63, 3.8) is 0 Å². The van der Waals surface area contributed by atoms with Gasteiger partial charge in [-0.2, -0.15) is 0 Å². The number of fused-ring (bicyclic) bond motifs is 4. The molecule has 0 saturated carbocycles. The van der Waals surface area contributed by atoms with E-state index < -0.39 is 41.4 Å². The van der Waals surface area contributed by atoms with E-state index in [1.165, 1.54) is 5.01 Å². The molecular weight excluding hydrogens is 566 g/mol. The minimum atomic E-state index is -1.29. The van der Waals surface area contributed by atoms with Crippen molar-refractivity contribution in [1.82, 2.24) is 26.1 Å². The Labute approximate surface area is 256 Å². The van der Waals surface area contributed by atoms with Crippen molar-refractivity contribution in [2.24, 2.45) is 5.41 Å². The summed E-state index contributed by atoms with van der Waals surface area (Å²) in [6.45, 7) is 6.39. The summed E-state index contributed by atoms with van der Waals surface area (Å²) in [7, 11) is 0. The first kappa shape index (κ1) is 31.6. The third-order valence-corrected chi connectivity index (χ3v) is 8.22. The van der Waals surface area contributed by atoms with Crippen LogP contribution in [-0.4, -0.2) is 84.8 Å². The Hall–Kier alpha value is -3.87. The fourth-order valence-corrected chi connectivity index (χ4v) is 5.58. The molecule has 44 heavy (non-hydrogen) atoms. The number of nitrogens with one attached hydrogen (secondary N) is 3. The van der Waals surface area contributed by atoms with Gasteiger partial charge in [-0.15, -0.1) is 0 Å². The first-order valence-electron chi connectivity index (χ1n) is 15.3. The van der Waals surface area contributed by atoms with Gasteiger partial charge in [-0.1, -0.05) is 43.7 Å². The molecule has 236 valence electrons. The molecule has 4 heterocycles. The highest BCUT2D eigenvalue weighted by Crippen LogP contribution is 2.28. The first-order chi connectivity index (χ1) is 21.2. The van der Waals surface area contributed by atoms with E-state index in [1.54, 1.807) is 19.1 Å². The molecule has 12 nitrogen and oxygen atoms in total. The monoisotopic (exact) mass is 607 g/mol. The van der Waals surface area contributed by atoms with E-state index in [4.69, 9.17) is 19.2 Å². The molecule has 1 aromatic heterocycles. The number of hydrogen-bond acceptors (Lipinski definition) is 9. The number of cyclic esters (lactones) is 1. The minimum Gasteiger partial charge on any atom is -0.451 e. The lowest BCUT2D eigenvalue weighted by Crippen LogP contribution is -2.61. The number of rotatable bonds is 2. The third-order valence-electron chi connectivity index (χ3n) is 8.22. The number of hydrogen-bond donors (Lipinski definition) is 3. The lowest BCUT2D eigenvalue weighted by Gasteiger charge is -2.35. The molecular formula is C32H41N5O7. The second-order valence-corrected chi connectivity index (χ2v) is 11.7. The molecule has 12 heteroatoms. The number of esters is 1. The van der Waals surface area contributed by atoms with E-state index in [0.717, 1.165) is 16.5 Å². The Morgan fingerprint density at radius 1 is 0.977 bits per heavy atom. The van der Waals surface area contributed by atoms with Gasteiger partial charge in [0, 0.05) is 11.9 Å². The summed E-state index contributed by atoms with van der Waals surface area (Å²) in [5.74, 6) is -1.86. The highest BCUT2D eigenvalue weighted by atomic mass is 16.6. The van der Waals surface area contributed by atoms with Gasteiger partial charge in [0.05, 0.1) is 43.7 Å². The molecule has 1 aromatic carbocycles. The van der Waals surface area contributed by atoms with Crippen LogP contribution in [0.2, 0.25) is 0 Å². The molecule has 2 saturated heterocycles. The smallest absolute Gasteiger partial charge is 0.321 e. The van der Waals surface area contributed by atoms with Crippen LogP contribution >= 0.6 is 0 Å². The van der Waals surface area contributed by atoms with Crippen LogP contribution in [-0.2, 0) is 33.4 Å². The van der Waals surface area contributed by atoms with E-state index in [9.17, 15) is 19.2 Å². The quantitative estimate of drug-likeness (QED) is 0.437. The molecule has 3 amide bonds. The van der Waals surface area contributed by atoms with Crippen LogP contribution in [0.15, 0.2) is 36.4 Å². The van der Waals surface area contributed by atoms with Crippen molar-refractivity contribution in [3.05, 3.63) is 47.7 Å². The molecule has 4 atom stereocenters. The van der Waals surface area contributed by atoms with Crippen LogP contribution in [0, 0.1) is 5.41 Å². The summed E-state index contributed by atoms with van der Waals surface area (Å²) >= 11 is 0. The largest absolute Gasteiger partial charge is 0.451 e. The average Bonchev–Trinajstić information content (AvgIpc) is 3.29. The van der Waals surface area contributed by atoms with Gasteiger partial charge in [-0.05, 0) is 50.8 Å². The van der Waals surface area contributed by atoms with Crippen molar-refractivity contribution in [2.75, 3.05) is 33.0 Å². The van der Waals surface area contributed by atoms with E-state index in [1.807, 2.05) is 44.2 Å². The van der Waals surface area contributed by atoms with Crippen molar-refractivity contribution < 1.29 is 33.4 Å². The third kappa shape index (κ3) is 7.09. The molecule has 0 radical (unpaired) electrons. The predicted octanol–water partition coefficient (Wildman–Crippen LogP) is 2.18. The standard InChI is InChI=1S/C32H41N5O7/c1-4-6-27-29(39)34-21(3)30(40)37-14-5-7-25(36-37)28(38)33-20(2)24-11-10-23-9-8-22(17-26(23)35-24)12-13-32(31(41)44-27)18-42-15-16-43-19-32/h8-13,17,20-21,25,27,36H,4-7,14-16,18-19H2,1-3H3,(H,33,38)(H,34,39)/b13-12+/t20-,21+,25+,27?/m1/s1. The first-order valence-corrected chi connectivity index (χ1v) is 15.3. The van der Waals surface area contributed by atoms with Crippen LogP contribution in [0.25, 0.3) is 17.0 Å². The molecule has 0 aliphatic carbocycles. The Morgan fingerprint density at radius 2 is 1.70 bits per heavy atom. The van der Waals surface area contributed by atoms with Crippen LogP contribution in [0.5, 0.6) is 0 Å².